The minimum atomic E-state index is -0.137. The largest absolute Gasteiger partial charge is 0.371 e. The van der Waals surface area contributed by atoms with Crippen LogP contribution in [0.3, 0.4) is 0 Å². The van der Waals surface area contributed by atoms with E-state index in [9.17, 15) is 4.39 Å². The Kier molecular flexibility index (Phi) is 6.04. The van der Waals surface area contributed by atoms with Crippen LogP contribution in [0.1, 0.15) is 58.1 Å². The number of hydrogen-bond donors (Lipinski definition) is 1. The van der Waals surface area contributed by atoms with E-state index < -0.39 is 0 Å². The number of halogens is 1. The van der Waals surface area contributed by atoms with Crippen molar-refractivity contribution in [3.8, 4) is 0 Å². The molecular weight excluding hydrogens is 263 g/mol. The van der Waals surface area contributed by atoms with E-state index in [2.05, 4.69) is 31.0 Å². The Morgan fingerprint density at radius 3 is 2.62 bits per heavy atom. The Hall–Kier alpha value is -1.09. The number of piperidine rings is 1. The smallest absolute Gasteiger partial charge is 0.123 e. The fourth-order valence-corrected chi connectivity index (χ4v) is 3.21. The first-order valence-electron chi connectivity index (χ1n) is 8.43. The van der Waals surface area contributed by atoms with Gasteiger partial charge in [-0.1, -0.05) is 20.3 Å². The highest BCUT2D eigenvalue weighted by molar-refractivity contribution is 5.55. The molecular formula is C18H29FN2. The Balaban J connectivity index is 2.15. The third kappa shape index (κ3) is 4.19. The van der Waals surface area contributed by atoms with Crippen LogP contribution in [0.15, 0.2) is 18.2 Å². The van der Waals surface area contributed by atoms with Crippen molar-refractivity contribution in [3.63, 3.8) is 0 Å². The molecule has 1 aromatic rings. The molecule has 0 aromatic heterocycles. The molecule has 1 aromatic carbocycles. The second-order valence-electron chi connectivity index (χ2n) is 6.22. The molecule has 1 unspecified atom stereocenters. The monoisotopic (exact) mass is 292 g/mol. The molecule has 21 heavy (non-hydrogen) atoms. The summed E-state index contributed by atoms with van der Waals surface area (Å²) in [6.07, 6.45) is 4.88. The quantitative estimate of drug-likeness (QED) is 0.829. The van der Waals surface area contributed by atoms with Crippen LogP contribution in [0.5, 0.6) is 0 Å². The summed E-state index contributed by atoms with van der Waals surface area (Å²) in [5.74, 6) is 0.725. The van der Waals surface area contributed by atoms with E-state index in [1.165, 1.54) is 24.9 Å². The van der Waals surface area contributed by atoms with Gasteiger partial charge >= 0.3 is 0 Å². The van der Waals surface area contributed by atoms with E-state index in [0.29, 0.717) is 0 Å². The van der Waals surface area contributed by atoms with Crippen LogP contribution in [0.4, 0.5) is 10.1 Å². The van der Waals surface area contributed by atoms with Gasteiger partial charge in [0.05, 0.1) is 0 Å². The zero-order valence-corrected chi connectivity index (χ0v) is 13.7. The normalized spacial score (nSPS) is 18.0. The lowest BCUT2D eigenvalue weighted by atomic mass is 9.93. The van der Waals surface area contributed by atoms with Crippen molar-refractivity contribution in [2.75, 3.05) is 24.5 Å². The van der Waals surface area contributed by atoms with E-state index in [1.54, 1.807) is 12.1 Å². The minimum Gasteiger partial charge on any atom is -0.371 e. The zero-order valence-electron chi connectivity index (χ0n) is 13.7. The van der Waals surface area contributed by atoms with Crippen molar-refractivity contribution in [2.45, 2.75) is 52.5 Å². The second-order valence-corrected chi connectivity index (χ2v) is 6.22. The minimum absolute atomic E-state index is 0.137. The summed E-state index contributed by atoms with van der Waals surface area (Å²) in [5, 5.41) is 3.48. The van der Waals surface area contributed by atoms with Crippen molar-refractivity contribution in [3.05, 3.63) is 29.6 Å². The molecule has 1 N–H and O–H groups in total. The van der Waals surface area contributed by atoms with Gasteiger partial charge < -0.3 is 10.2 Å². The predicted molar refractivity (Wildman–Crippen MR) is 88.3 cm³/mol. The van der Waals surface area contributed by atoms with Crippen LogP contribution >= 0.6 is 0 Å². The van der Waals surface area contributed by atoms with Crippen LogP contribution in [-0.4, -0.2) is 19.6 Å². The highest BCUT2D eigenvalue weighted by atomic mass is 19.1. The standard InChI is InChI=1S/C18H29FN2/c1-4-10-20-14(3)17-13-16(19)6-7-18(17)21-11-8-15(5-2)9-12-21/h6-7,13-15,20H,4-5,8-12H2,1-3H3. The molecule has 118 valence electrons. The molecule has 1 atom stereocenters. The first-order valence-corrected chi connectivity index (χ1v) is 8.43. The first-order chi connectivity index (χ1) is 10.2. The van der Waals surface area contributed by atoms with Crippen molar-refractivity contribution in [1.29, 1.82) is 0 Å². The summed E-state index contributed by atoms with van der Waals surface area (Å²) in [4.78, 5) is 2.44. The summed E-state index contributed by atoms with van der Waals surface area (Å²) in [6, 6.07) is 5.45. The van der Waals surface area contributed by atoms with E-state index in [4.69, 9.17) is 0 Å². The maximum atomic E-state index is 13.7. The Morgan fingerprint density at radius 2 is 2.00 bits per heavy atom. The van der Waals surface area contributed by atoms with E-state index in [-0.39, 0.29) is 11.9 Å². The third-order valence-corrected chi connectivity index (χ3v) is 4.69. The number of hydrogen-bond acceptors (Lipinski definition) is 2. The molecule has 2 rings (SSSR count). The second kappa shape index (κ2) is 7.79. The lowest BCUT2D eigenvalue weighted by Gasteiger charge is -2.35. The van der Waals surface area contributed by atoms with Crippen LogP contribution < -0.4 is 10.2 Å². The number of rotatable bonds is 6. The average Bonchev–Trinajstić information content (AvgIpc) is 2.52. The molecule has 1 saturated heterocycles. The Bertz CT molecular complexity index is 439. The molecule has 1 heterocycles. The highest BCUT2D eigenvalue weighted by Gasteiger charge is 2.21. The van der Waals surface area contributed by atoms with E-state index >= 15 is 0 Å². The van der Waals surface area contributed by atoms with Gasteiger partial charge in [-0.3, -0.25) is 0 Å². The van der Waals surface area contributed by atoms with Gasteiger partial charge in [-0.05, 0) is 62.4 Å². The molecule has 0 saturated carbocycles. The van der Waals surface area contributed by atoms with Crippen molar-refractivity contribution >= 4 is 5.69 Å². The molecule has 0 bridgehead atoms. The molecule has 1 aliphatic rings. The van der Waals surface area contributed by atoms with Gasteiger partial charge in [0.1, 0.15) is 5.82 Å². The topological polar surface area (TPSA) is 15.3 Å². The third-order valence-electron chi connectivity index (χ3n) is 4.69. The lowest BCUT2D eigenvalue weighted by Crippen LogP contribution is -2.35. The first kappa shape index (κ1) is 16.3. The SMILES string of the molecule is CCCNC(C)c1cc(F)ccc1N1CCC(CC)CC1. The Labute approximate surface area is 128 Å². The van der Waals surface area contributed by atoms with Crippen molar-refractivity contribution in [1.82, 2.24) is 5.32 Å². The number of nitrogens with zero attached hydrogens (tertiary/aromatic N) is 1. The van der Waals surface area contributed by atoms with E-state index in [0.717, 1.165) is 37.5 Å². The molecule has 0 radical (unpaired) electrons. The number of nitrogens with one attached hydrogen (secondary N) is 1. The molecule has 1 fully saturated rings. The van der Waals surface area contributed by atoms with Gasteiger partial charge in [0.2, 0.25) is 0 Å². The van der Waals surface area contributed by atoms with Gasteiger partial charge in [0, 0.05) is 24.8 Å². The summed E-state index contributed by atoms with van der Waals surface area (Å²) in [6.45, 7) is 9.72. The lowest BCUT2D eigenvalue weighted by molar-refractivity contribution is 0.394. The summed E-state index contributed by atoms with van der Waals surface area (Å²) in [5.41, 5.74) is 2.31. The summed E-state index contributed by atoms with van der Waals surface area (Å²) in [7, 11) is 0. The zero-order chi connectivity index (χ0) is 15.2. The van der Waals surface area contributed by atoms with Crippen molar-refractivity contribution < 1.29 is 4.39 Å². The number of anilines is 1. The van der Waals surface area contributed by atoms with Gasteiger partial charge in [-0.25, -0.2) is 4.39 Å². The van der Waals surface area contributed by atoms with Gasteiger partial charge in [-0.2, -0.15) is 0 Å². The van der Waals surface area contributed by atoms with Gasteiger partial charge in [-0.15, -0.1) is 0 Å². The maximum Gasteiger partial charge on any atom is 0.123 e. The maximum absolute atomic E-state index is 13.7. The van der Waals surface area contributed by atoms with Crippen LogP contribution in [-0.2, 0) is 0 Å². The highest BCUT2D eigenvalue weighted by Crippen LogP contribution is 2.31. The fourth-order valence-electron chi connectivity index (χ4n) is 3.21. The van der Waals surface area contributed by atoms with Gasteiger partial charge in [0.25, 0.3) is 0 Å². The number of benzene rings is 1. The van der Waals surface area contributed by atoms with Crippen LogP contribution in [0.2, 0.25) is 0 Å². The fraction of sp³-hybridized carbons (Fsp3) is 0.667. The molecule has 1 aliphatic heterocycles. The van der Waals surface area contributed by atoms with E-state index in [1.807, 2.05) is 6.07 Å². The van der Waals surface area contributed by atoms with Crippen LogP contribution in [0.25, 0.3) is 0 Å². The summed E-state index contributed by atoms with van der Waals surface area (Å²) >= 11 is 0. The van der Waals surface area contributed by atoms with Crippen LogP contribution in [0, 0.1) is 11.7 Å². The molecule has 3 heteroatoms. The molecule has 2 nitrogen and oxygen atoms in total. The predicted octanol–water partition coefficient (Wildman–Crippen LogP) is 4.51. The average molecular weight is 292 g/mol. The molecule has 0 amide bonds. The summed E-state index contributed by atoms with van der Waals surface area (Å²) < 4.78 is 13.7. The molecule has 0 aliphatic carbocycles. The van der Waals surface area contributed by atoms with Crippen molar-refractivity contribution in [2.24, 2.45) is 5.92 Å². The van der Waals surface area contributed by atoms with Gasteiger partial charge in [0.15, 0.2) is 0 Å². The Morgan fingerprint density at radius 1 is 1.29 bits per heavy atom. The molecule has 0 spiro atoms.